The van der Waals surface area contributed by atoms with Crippen molar-refractivity contribution in [1.82, 2.24) is 20.1 Å². The molecule has 2 atom stereocenters. The fraction of sp³-hybridized carbons (Fsp3) is 0.632. The Morgan fingerprint density at radius 1 is 0.880 bits per heavy atom. The summed E-state index contributed by atoms with van der Waals surface area (Å²) in [5.41, 5.74) is 0.791. The number of rotatable bonds is 2. The lowest BCUT2D eigenvalue weighted by Crippen LogP contribution is -2.34. The van der Waals surface area contributed by atoms with E-state index in [0.29, 0.717) is 23.2 Å². The van der Waals surface area contributed by atoms with Crippen molar-refractivity contribution in [2.75, 3.05) is 39.3 Å². The van der Waals surface area contributed by atoms with E-state index in [-0.39, 0.29) is 11.8 Å². The van der Waals surface area contributed by atoms with E-state index in [0.717, 1.165) is 65.0 Å². The summed E-state index contributed by atoms with van der Waals surface area (Å²) in [5, 5.41) is 3.46. The lowest BCUT2D eigenvalue weighted by atomic mass is 9.92. The van der Waals surface area contributed by atoms with Gasteiger partial charge in [0.1, 0.15) is 11.4 Å². The number of nitrogens with one attached hydrogen (secondary N) is 1. The molecule has 134 valence electrons. The number of carbonyl (C=O) groups excluding carboxylic acids is 2. The number of fused-ring (bicyclic) bond motifs is 1. The lowest BCUT2D eigenvalue weighted by molar-refractivity contribution is 0.0751. The summed E-state index contributed by atoms with van der Waals surface area (Å²) >= 11 is 0. The third kappa shape index (κ3) is 3.40. The molecule has 6 nitrogen and oxygen atoms in total. The van der Waals surface area contributed by atoms with Gasteiger partial charge in [0.25, 0.3) is 11.8 Å². The monoisotopic (exact) mass is 342 g/mol. The number of hydrogen-bond donors (Lipinski definition) is 1. The van der Waals surface area contributed by atoms with E-state index in [1.54, 1.807) is 18.2 Å². The average molecular weight is 342 g/mol. The second-order valence-corrected chi connectivity index (χ2v) is 7.46. The highest BCUT2D eigenvalue weighted by Gasteiger charge is 2.32. The molecule has 3 fully saturated rings. The quantitative estimate of drug-likeness (QED) is 0.882. The summed E-state index contributed by atoms with van der Waals surface area (Å²) in [6, 6.07) is 5.23. The second-order valence-electron chi connectivity index (χ2n) is 7.46. The molecule has 3 aliphatic rings. The summed E-state index contributed by atoms with van der Waals surface area (Å²) in [7, 11) is 0. The van der Waals surface area contributed by atoms with Crippen LogP contribution in [-0.2, 0) is 0 Å². The molecule has 0 unspecified atom stereocenters. The minimum absolute atomic E-state index is 0.0380. The largest absolute Gasteiger partial charge is 0.337 e. The first-order chi connectivity index (χ1) is 12.2. The van der Waals surface area contributed by atoms with Gasteiger partial charge in [0.05, 0.1) is 0 Å². The summed E-state index contributed by atoms with van der Waals surface area (Å²) in [5.74, 6) is 1.29. The number of likely N-dealkylation sites (tertiary alicyclic amines) is 2. The molecule has 1 N–H and O–H groups in total. The fourth-order valence-corrected chi connectivity index (χ4v) is 4.34. The van der Waals surface area contributed by atoms with E-state index in [4.69, 9.17) is 0 Å². The molecule has 4 heterocycles. The molecule has 0 saturated carbocycles. The molecule has 1 aromatic heterocycles. The summed E-state index contributed by atoms with van der Waals surface area (Å²) in [6.07, 6.45) is 4.20. The Hall–Kier alpha value is -1.95. The normalized spacial score (nSPS) is 26.4. The number of carbonyl (C=O) groups is 2. The highest BCUT2D eigenvalue weighted by Crippen LogP contribution is 2.27. The molecule has 0 aliphatic carbocycles. The number of hydrogen-bond acceptors (Lipinski definition) is 4. The van der Waals surface area contributed by atoms with E-state index in [2.05, 4.69) is 10.3 Å². The van der Waals surface area contributed by atoms with Crippen LogP contribution in [-0.4, -0.2) is 65.9 Å². The minimum atomic E-state index is -0.0522. The van der Waals surface area contributed by atoms with Crippen molar-refractivity contribution in [3.05, 3.63) is 29.6 Å². The summed E-state index contributed by atoms with van der Waals surface area (Å²) in [4.78, 5) is 33.6. The number of amides is 2. The molecule has 0 radical (unpaired) electrons. The van der Waals surface area contributed by atoms with Gasteiger partial charge in [-0.3, -0.25) is 9.59 Å². The van der Waals surface area contributed by atoms with Crippen molar-refractivity contribution in [2.45, 2.75) is 25.7 Å². The Morgan fingerprint density at radius 3 is 1.96 bits per heavy atom. The highest BCUT2D eigenvalue weighted by atomic mass is 16.2. The van der Waals surface area contributed by atoms with Crippen LogP contribution in [0.5, 0.6) is 0 Å². The first kappa shape index (κ1) is 16.5. The van der Waals surface area contributed by atoms with Crippen molar-refractivity contribution >= 4 is 11.8 Å². The Labute approximate surface area is 148 Å². The molecule has 2 amide bonds. The number of aromatic nitrogens is 1. The zero-order valence-electron chi connectivity index (χ0n) is 14.6. The third-order valence-corrected chi connectivity index (χ3v) is 5.89. The molecule has 0 aromatic carbocycles. The minimum Gasteiger partial charge on any atom is -0.337 e. The van der Waals surface area contributed by atoms with Crippen LogP contribution < -0.4 is 5.32 Å². The van der Waals surface area contributed by atoms with Crippen LogP contribution in [0.3, 0.4) is 0 Å². The standard InChI is InChI=1S/C19H26N4O2/c24-18(22-8-1-2-9-22)16-4-3-5-17(21-16)19(25)23-10-6-14-12-20-13-15(14)7-11-23/h3-5,14-15,20H,1-2,6-13H2/t14-,15+. The van der Waals surface area contributed by atoms with Crippen LogP contribution in [0.15, 0.2) is 18.2 Å². The van der Waals surface area contributed by atoms with Gasteiger partial charge in [0.15, 0.2) is 0 Å². The van der Waals surface area contributed by atoms with Crippen LogP contribution in [0.4, 0.5) is 0 Å². The van der Waals surface area contributed by atoms with Gasteiger partial charge < -0.3 is 15.1 Å². The molecule has 6 heteroatoms. The topological polar surface area (TPSA) is 65.5 Å². The number of nitrogens with zero attached hydrogens (tertiary/aromatic N) is 3. The van der Waals surface area contributed by atoms with E-state index in [1.165, 1.54) is 0 Å². The van der Waals surface area contributed by atoms with Crippen molar-refractivity contribution in [1.29, 1.82) is 0 Å². The molecule has 25 heavy (non-hydrogen) atoms. The van der Waals surface area contributed by atoms with Gasteiger partial charge in [-0.2, -0.15) is 0 Å². The zero-order chi connectivity index (χ0) is 17.2. The maximum atomic E-state index is 12.9. The van der Waals surface area contributed by atoms with Gasteiger partial charge in [-0.05, 0) is 62.7 Å². The van der Waals surface area contributed by atoms with Crippen LogP contribution in [0.2, 0.25) is 0 Å². The van der Waals surface area contributed by atoms with Gasteiger partial charge in [0, 0.05) is 26.2 Å². The van der Waals surface area contributed by atoms with Crippen molar-refractivity contribution in [3.8, 4) is 0 Å². The zero-order valence-corrected chi connectivity index (χ0v) is 14.6. The predicted octanol–water partition coefficient (Wildman–Crippen LogP) is 1.39. The smallest absolute Gasteiger partial charge is 0.272 e. The molecular formula is C19H26N4O2. The maximum absolute atomic E-state index is 12.9. The van der Waals surface area contributed by atoms with Crippen LogP contribution in [0.25, 0.3) is 0 Å². The van der Waals surface area contributed by atoms with E-state index < -0.39 is 0 Å². The van der Waals surface area contributed by atoms with Crippen molar-refractivity contribution in [3.63, 3.8) is 0 Å². The van der Waals surface area contributed by atoms with Crippen molar-refractivity contribution in [2.24, 2.45) is 11.8 Å². The third-order valence-electron chi connectivity index (χ3n) is 5.89. The molecule has 4 rings (SSSR count). The Balaban J connectivity index is 1.46. The lowest BCUT2D eigenvalue weighted by Gasteiger charge is -2.21. The molecule has 3 saturated heterocycles. The first-order valence-corrected chi connectivity index (χ1v) is 9.49. The average Bonchev–Trinajstić information content (AvgIpc) is 3.30. The van der Waals surface area contributed by atoms with Crippen LogP contribution >= 0.6 is 0 Å². The van der Waals surface area contributed by atoms with Crippen molar-refractivity contribution < 1.29 is 9.59 Å². The molecule has 1 aromatic rings. The fourth-order valence-electron chi connectivity index (χ4n) is 4.34. The van der Waals surface area contributed by atoms with Gasteiger partial charge >= 0.3 is 0 Å². The molecule has 3 aliphatic heterocycles. The molecular weight excluding hydrogens is 316 g/mol. The van der Waals surface area contributed by atoms with E-state index in [1.807, 2.05) is 9.80 Å². The summed E-state index contributed by atoms with van der Waals surface area (Å²) in [6.45, 7) is 5.31. The van der Waals surface area contributed by atoms with Gasteiger partial charge in [-0.25, -0.2) is 4.98 Å². The van der Waals surface area contributed by atoms with Crippen LogP contribution in [0.1, 0.15) is 46.7 Å². The van der Waals surface area contributed by atoms with E-state index in [9.17, 15) is 9.59 Å². The van der Waals surface area contributed by atoms with Crippen LogP contribution in [0, 0.1) is 11.8 Å². The summed E-state index contributed by atoms with van der Waals surface area (Å²) < 4.78 is 0. The predicted molar refractivity (Wildman–Crippen MR) is 94.4 cm³/mol. The Bertz CT molecular complexity index is 643. The Morgan fingerprint density at radius 2 is 1.40 bits per heavy atom. The highest BCUT2D eigenvalue weighted by molar-refractivity contribution is 5.96. The number of pyridine rings is 1. The second kappa shape index (κ2) is 7.12. The Kier molecular flexibility index (Phi) is 4.70. The first-order valence-electron chi connectivity index (χ1n) is 9.49. The molecule has 0 spiro atoms. The van der Waals surface area contributed by atoms with Gasteiger partial charge in [0.2, 0.25) is 0 Å². The molecule has 0 bridgehead atoms. The maximum Gasteiger partial charge on any atom is 0.272 e. The van der Waals surface area contributed by atoms with Gasteiger partial charge in [-0.1, -0.05) is 6.07 Å². The SMILES string of the molecule is O=C(c1cccc(C(=O)N2CC[C@@H]3CNC[C@@H]3CC2)n1)N1CCCC1. The van der Waals surface area contributed by atoms with E-state index >= 15 is 0 Å². The van der Waals surface area contributed by atoms with Gasteiger partial charge in [-0.15, -0.1) is 0 Å².